The van der Waals surface area contributed by atoms with Gasteiger partial charge in [-0.1, -0.05) is 18.2 Å². The van der Waals surface area contributed by atoms with Crippen LogP contribution >= 0.6 is 0 Å². The number of amides is 2. The zero-order valence-electron chi connectivity index (χ0n) is 13.1. The predicted molar refractivity (Wildman–Crippen MR) is 90.0 cm³/mol. The molecular weight excluding hydrogens is 288 g/mol. The fourth-order valence-corrected chi connectivity index (χ4v) is 3.56. The Balaban J connectivity index is 1.66. The first-order valence-electron chi connectivity index (χ1n) is 7.96. The number of nitrogens with one attached hydrogen (secondary N) is 1. The van der Waals surface area contributed by atoms with Crippen molar-refractivity contribution in [3.8, 4) is 0 Å². The molecule has 2 amide bonds. The Morgan fingerprint density at radius 1 is 1.09 bits per heavy atom. The van der Waals surface area contributed by atoms with E-state index in [1.54, 1.807) is 0 Å². The van der Waals surface area contributed by atoms with Gasteiger partial charge in [-0.05, 0) is 54.7 Å². The van der Waals surface area contributed by atoms with E-state index in [9.17, 15) is 9.59 Å². The summed E-state index contributed by atoms with van der Waals surface area (Å²) >= 11 is 0. The third-order valence-electron chi connectivity index (χ3n) is 4.70. The summed E-state index contributed by atoms with van der Waals surface area (Å²) in [7, 11) is 0. The SMILES string of the molecule is Cc1ccccc1C(=O)Nc1cc2c3c(c1)CCN3C(=O)CC2. The number of carbonyl (C=O) groups is 2. The fourth-order valence-electron chi connectivity index (χ4n) is 3.56. The molecular formula is C19H18N2O2. The molecule has 2 aliphatic heterocycles. The quantitative estimate of drug-likeness (QED) is 0.927. The molecule has 4 nitrogen and oxygen atoms in total. The first-order chi connectivity index (χ1) is 11.1. The Bertz CT molecular complexity index is 826. The lowest BCUT2D eigenvalue weighted by atomic mass is 9.98. The molecule has 0 atom stereocenters. The van der Waals surface area contributed by atoms with Gasteiger partial charge in [0, 0.05) is 24.2 Å². The maximum absolute atomic E-state index is 12.5. The largest absolute Gasteiger partial charge is 0.322 e. The number of nitrogens with zero attached hydrogens (tertiary/aromatic N) is 1. The van der Waals surface area contributed by atoms with Crippen molar-refractivity contribution in [3.63, 3.8) is 0 Å². The number of carbonyl (C=O) groups excluding carboxylic acids is 2. The first kappa shape index (κ1) is 14.0. The van der Waals surface area contributed by atoms with Crippen LogP contribution in [0.5, 0.6) is 0 Å². The highest BCUT2D eigenvalue weighted by Crippen LogP contribution is 2.38. The van der Waals surface area contributed by atoms with Gasteiger partial charge >= 0.3 is 0 Å². The highest BCUT2D eigenvalue weighted by atomic mass is 16.2. The average molecular weight is 306 g/mol. The Kier molecular flexibility index (Phi) is 3.18. The topological polar surface area (TPSA) is 49.4 Å². The van der Waals surface area contributed by atoms with Gasteiger partial charge in [0.2, 0.25) is 5.91 Å². The van der Waals surface area contributed by atoms with Crippen LogP contribution in [0.3, 0.4) is 0 Å². The minimum absolute atomic E-state index is 0.0861. The van der Waals surface area contributed by atoms with E-state index < -0.39 is 0 Å². The van der Waals surface area contributed by atoms with Crippen LogP contribution in [0.2, 0.25) is 0 Å². The fraction of sp³-hybridized carbons (Fsp3) is 0.263. The zero-order valence-corrected chi connectivity index (χ0v) is 13.1. The minimum Gasteiger partial charge on any atom is -0.322 e. The van der Waals surface area contributed by atoms with E-state index >= 15 is 0 Å². The van der Waals surface area contributed by atoms with Gasteiger partial charge in [-0.3, -0.25) is 9.59 Å². The van der Waals surface area contributed by atoms with Gasteiger partial charge in [-0.2, -0.15) is 0 Å². The van der Waals surface area contributed by atoms with Crippen molar-refractivity contribution in [2.75, 3.05) is 16.8 Å². The summed E-state index contributed by atoms with van der Waals surface area (Å²) in [4.78, 5) is 26.3. The van der Waals surface area contributed by atoms with Crippen LogP contribution < -0.4 is 10.2 Å². The molecule has 0 saturated carbocycles. The Morgan fingerprint density at radius 3 is 2.61 bits per heavy atom. The van der Waals surface area contributed by atoms with Crippen molar-refractivity contribution in [3.05, 3.63) is 58.7 Å². The summed E-state index contributed by atoms with van der Waals surface area (Å²) in [5, 5.41) is 3.01. The van der Waals surface area contributed by atoms with E-state index in [4.69, 9.17) is 0 Å². The van der Waals surface area contributed by atoms with Crippen LogP contribution in [0, 0.1) is 6.92 Å². The van der Waals surface area contributed by atoms with E-state index in [0.717, 1.165) is 41.9 Å². The molecule has 0 radical (unpaired) electrons. The van der Waals surface area contributed by atoms with Crippen molar-refractivity contribution in [1.82, 2.24) is 0 Å². The minimum atomic E-state index is -0.0861. The van der Waals surface area contributed by atoms with Crippen LogP contribution in [0.15, 0.2) is 36.4 Å². The molecule has 23 heavy (non-hydrogen) atoms. The summed E-state index contributed by atoms with van der Waals surface area (Å²) in [6.07, 6.45) is 2.18. The molecule has 0 aliphatic carbocycles. The molecule has 2 aliphatic rings. The third-order valence-corrected chi connectivity index (χ3v) is 4.70. The van der Waals surface area contributed by atoms with E-state index in [2.05, 4.69) is 5.32 Å². The lowest BCUT2D eigenvalue weighted by Crippen LogP contribution is -2.32. The van der Waals surface area contributed by atoms with Gasteiger partial charge < -0.3 is 10.2 Å². The van der Waals surface area contributed by atoms with Gasteiger partial charge in [-0.25, -0.2) is 0 Å². The normalized spacial score (nSPS) is 15.5. The van der Waals surface area contributed by atoms with Crippen LogP contribution in [0.1, 0.15) is 33.5 Å². The van der Waals surface area contributed by atoms with Gasteiger partial charge in [0.15, 0.2) is 0 Å². The second-order valence-electron chi connectivity index (χ2n) is 6.21. The summed E-state index contributed by atoms with van der Waals surface area (Å²) < 4.78 is 0. The van der Waals surface area contributed by atoms with Gasteiger partial charge in [0.1, 0.15) is 0 Å². The van der Waals surface area contributed by atoms with Crippen LogP contribution in [0.25, 0.3) is 0 Å². The van der Waals surface area contributed by atoms with Crippen LogP contribution in [-0.2, 0) is 17.6 Å². The van der Waals surface area contributed by atoms with Gasteiger partial charge in [-0.15, -0.1) is 0 Å². The molecule has 0 aromatic heterocycles. The second-order valence-corrected chi connectivity index (χ2v) is 6.21. The summed E-state index contributed by atoms with van der Waals surface area (Å²) in [6, 6.07) is 11.6. The Hall–Kier alpha value is -2.62. The van der Waals surface area contributed by atoms with Gasteiger partial charge in [0.25, 0.3) is 5.91 Å². The molecule has 0 spiro atoms. The molecule has 4 rings (SSSR count). The lowest BCUT2D eigenvalue weighted by molar-refractivity contribution is -0.118. The monoisotopic (exact) mass is 306 g/mol. The molecule has 2 aromatic carbocycles. The number of hydrogen-bond acceptors (Lipinski definition) is 2. The number of benzene rings is 2. The highest BCUT2D eigenvalue weighted by molar-refractivity contribution is 6.06. The second kappa shape index (κ2) is 5.23. The van der Waals surface area contributed by atoms with Gasteiger partial charge in [0.05, 0.1) is 5.69 Å². The van der Waals surface area contributed by atoms with Crippen LogP contribution in [0.4, 0.5) is 11.4 Å². The van der Waals surface area contributed by atoms with Crippen molar-refractivity contribution >= 4 is 23.2 Å². The molecule has 0 unspecified atom stereocenters. The average Bonchev–Trinajstić information content (AvgIpc) is 2.96. The van der Waals surface area contributed by atoms with E-state index in [0.29, 0.717) is 12.0 Å². The number of rotatable bonds is 2. The van der Waals surface area contributed by atoms with E-state index in [1.165, 1.54) is 5.56 Å². The molecule has 2 heterocycles. The Labute approximate surface area is 135 Å². The zero-order chi connectivity index (χ0) is 16.0. The molecule has 1 N–H and O–H groups in total. The third kappa shape index (κ3) is 2.31. The van der Waals surface area contributed by atoms with Crippen molar-refractivity contribution in [1.29, 1.82) is 0 Å². The van der Waals surface area contributed by atoms with Crippen molar-refractivity contribution in [2.45, 2.75) is 26.2 Å². The number of anilines is 2. The number of aryl methyl sites for hydroxylation is 2. The van der Waals surface area contributed by atoms with E-state index in [1.807, 2.05) is 48.2 Å². The summed E-state index contributed by atoms with van der Waals surface area (Å²) in [5.41, 5.74) is 5.89. The van der Waals surface area contributed by atoms with Crippen molar-refractivity contribution in [2.24, 2.45) is 0 Å². The van der Waals surface area contributed by atoms with E-state index in [-0.39, 0.29) is 11.8 Å². The maximum Gasteiger partial charge on any atom is 0.255 e. The van der Waals surface area contributed by atoms with Crippen molar-refractivity contribution < 1.29 is 9.59 Å². The standard InChI is InChI=1S/C19H18N2O2/c1-12-4-2-3-5-16(12)19(23)20-15-10-13-6-7-17(22)21-9-8-14(11-15)18(13)21/h2-5,10-11H,6-9H2,1H3,(H,20,23). The maximum atomic E-state index is 12.5. The first-order valence-corrected chi connectivity index (χ1v) is 7.96. The number of hydrogen-bond donors (Lipinski definition) is 1. The highest BCUT2D eigenvalue weighted by Gasteiger charge is 2.31. The molecule has 4 heteroatoms. The Morgan fingerprint density at radius 2 is 1.83 bits per heavy atom. The molecule has 2 aromatic rings. The molecule has 0 saturated heterocycles. The predicted octanol–water partition coefficient (Wildman–Crippen LogP) is 3.08. The molecule has 116 valence electrons. The van der Waals surface area contributed by atoms with Crippen LogP contribution in [-0.4, -0.2) is 18.4 Å². The lowest BCUT2D eigenvalue weighted by Gasteiger charge is -2.25. The molecule has 0 bridgehead atoms. The summed E-state index contributed by atoms with van der Waals surface area (Å²) in [5.74, 6) is 0.130. The molecule has 0 fully saturated rings. The smallest absolute Gasteiger partial charge is 0.255 e. The summed E-state index contributed by atoms with van der Waals surface area (Å²) in [6.45, 7) is 2.70.